The number of amides is 1. The van der Waals surface area contributed by atoms with Crippen molar-refractivity contribution in [1.29, 1.82) is 0 Å². The minimum absolute atomic E-state index is 0.248. The lowest BCUT2D eigenvalue weighted by molar-refractivity contribution is 0.102. The molecule has 0 saturated heterocycles. The Labute approximate surface area is 104 Å². The summed E-state index contributed by atoms with van der Waals surface area (Å²) in [6.07, 6.45) is 1.37. The minimum Gasteiger partial charge on any atom is -0.397 e. The fourth-order valence-corrected chi connectivity index (χ4v) is 1.60. The summed E-state index contributed by atoms with van der Waals surface area (Å²) < 4.78 is 0. The van der Waals surface area contributed by atoms with E-state index < -0.39 is 0 Å². The molecule has 1 amide bonds. The van der Waals surface area contributed by atoms with Crippen molar-refractivity contribution in [2.45, 2.75) is 6.92 Å². The Morgan fingerprint density at radius 3 is 2.67 bits per heavy atom. The maximum atomic E-state index is 11.9. The molecule has 0 fully saturated rings. The summed E-state index contributed by atoms with van der Waals surface area (Å²) in [6, 6.07) is 8.16. The zero-order valence-electron chi connectivity index (χ0n) is 9.86. The van der Waals surface area contributed by atoms with Crippen LogP contribution in [0.2, 0.25) is 0 Å². The maximum absolute atomic E-state index is 11.9. The van der Waals surface area contributed by atoms with Gasteiger partial charge in [-0.05, 0) is 24.6 Å². The molecule has 5 nitrogen and oxygen atoms in total. The van der Waals surface area contributed by atoms with Gasteiger partial charge in [0.15, 0.2) is 0 Å². The third-order valence-electron chi connectivity index (χ3n) is 2.59. The van der Waals surface area contributed by atoms with E-state index in [1.807, 2.05) is 19.1 Å². The highest BCUT2D eigenvalue weighted by Crippen LogP contribution is 2.22. The van der Waals surface area contributed by atoms with Crippen molar-refractivity contribution in [3.05, 3.63) is 58.0 Å². The summed E-state index contributed by atoms with van der Waals surface area (Å²) in [5.74, 6) is -0.313. The van der Waals surface area contributed by atoms with E-state index in [1.165, 1.54) is 18.3 Å². The number of hydrogen-bond donors (Lipinski definition) is 3. The summed E-state index contributed by atoms with van der Waals surface area (Å²) in [7, 11) is 0. The molecule has 2 aromatic rings. The third kappa shape index (κ3) is 2.40. The summed E-state index contributed by atoms with van der Waals surface area (Å²) in [5.41, 5.74) is 7.90. The van der Waals surface area contributed by atoms with Crippen molar-refractivity contribution in [2.75, 3.05) is 11.1 Å². The van der Waals surface area contributed by atoms with Crippen LogP contribution in [-0.4, -0.2) is 10.9 Å². The Balaban J connectivity index is 2.27. The van der Waals surface area contributed by atoms with Crippen LogP contribution in [0.4, 0.5) is 11.4 Å². The molecular formula is C13H13N3O2. The van der Waals surface area contributed by atoms with Crippen molar-refractivity contribution in [2.24, 2.45) is 0 Å². The molecule has 0 bridgehead atoms. The molecule has 92 valence electrons. The molecule has 4 N–H and O–H groups in total. The van der Waals surface area contributed by atoms with E-state index in [0.29, 0.717) is 16.9 Å². The number of H-pyrrole nitrogens is 1. The second kappa shape index (κ2) is 4.75. The monoisotopic (exact) mass is 243 g/mol. The smallest absolute Gasteiger partial charge is 0.257 e. The van der Waals surface area contributed by atoms with Gasteiger partial charge in [-0.3, -0.25) is 9.59 Å². The topological polar surface area (TPSA) is 88.0 Å². The first kappa shape index (κ1) is 11.9. The molecule has 18 heavy (non-hydrogen) atoms. The lowest BCUT2D eigenvalue weighted by Crippen LogP contribution is -2.16. The summed E-state index contributed by atoms with van der Waals surface area (Å²) >= 11 is 0. The summed E-state index contributed by atoms with van der Waals surface area (Å²) in [5, 5.41) is 2.73. The number of anilines is 2. The molecule has 0 saturated carbocycles. The Morgan fingerprint density at radius 1 is 1.28 bits per heavy atom. The van der Waals surface area contributed by atoms with E-state index in [0.717, 1.165) is 5.56 Å². The predicted octanol–water partition coefficient (Wildman–Crippen LogP) is 1.52. The quantitative estimate of drug-likeness (QED) is 0.699. The van der Waals surface area contributed by atoms with E-state index in [2.05, 4.69) is 10.3 Å². The second-order valence-electron chi connectivity index (χ2n) is 3.93. The maximum Gasteiger partial charge on any atom is 0.257 e. The highest BCUT2D eigenvalue weighted by atomic mass is 16.1. The Morgan fingerprint density at radius 2 is 2.06 bits per heavy atom. The van der Waals surface area contributed by atoms with Crippen LogP contribution in [0.1, 0.15) is 15.9 Å². The summed E-state index contributed by atoms with van der Waals surface area (Å²) in [6.45, 7) is 1.86. The molecule has 0 atom stereocenters. The van der Waals surface area contributed by atoms with Gasteiger partial charge in [0.05, 0.1) is 16.9 Å². The first-order valence-corrected chi connectivity index (χ1v) is 5.43. The van der Waals surface area contributed by atoms with Crippen molar-refractivity contribution in [3.63, 3.8) is 0 Å². The molecule has 1 heterocycles. The largest absolute Gasteiger partial charge is 0.397 e. The first-order chi connectivity index (χ1) is 8.58. The van der Waals surface area contributed by atoms with Crippen LogP contribution in [0, 0.1) is 6.92 Å². The zero-order valence-corrected chi connectivity index (χ0v) is 9.86. The Bertz CT molecular complexity index is 606. The molecular weight excluding hydrogens is 230 g/mol. The molecule has 0 aliphatic heterocycles. The van der Waals surface area contributed by atoms with Crippen molar-refractivity contribution < 1.29 is 4.79 Å². The molecule has 0 aliphatic carbocycles. The molecule has 0 unspecified atom stereocenters. The van der Waals surface area contributed by atoms with Crippen molar-refractivity contribution in [1.82, 2.24) is 4.98 Å². The molecule has 0 spiro atoms. The van der Waals surface area contributed by atoms with Gasteiger partial charge in [0, 0.05) is 12.3 Å². The fraction of sp³-hybridized carbons (Fsp3) is 0.0769. The standard InChI is InChI=1S/C13H13N3O2/c1-8-3-2-4-10(14)12(8)16-13(18)9-5-6-11(17)15-7-9/h2-7H,14H2,1H3,(H,15,17)(H,16,18). The van der Waals surface area contributed by atoms with Crippen LogP contribution in [0.25, 0.3) is 0 Å². The predicted molar refractivity (Wildman–Crippen MR) is 70.6 cm³/mol. The number of para-hydroxylation sites is 1. The van der Waals surface area contributed by atoms with Gasteiger partial charge in [-0.1, -0.05) is 12.1 Å². The number of rotatable bonds is 2. The van der Waals surface area contributed by atoms with Gasteiger partial charge < -0.3 is 16.0 Å². The minimum atomic E-state index is -0.313. The Hall–Kier alpha value is -2.56. The lowest BCUT2D eigenvalue weighted by atomic mass is 10.1. The number of aryl methyl sites for hydroxylation is 1. The highest BCUT2D eigenvalue weighted by Gasteiger charge is 2.09. The number of nitrogen functional groups attached to an aromatic ring is 1. The number of benzene rings is 1. The van der Waals surface area contributed by atoms with Gasteiger partial charge in [-0.15, -0.1) is 0 Å². The molecule has 0 radical (unpaired) electrons. The van der Waals surface area contributed by atoms with Gasteiger partial charge in [0.1, 0.15) is 0 Å². The highest BCUT2D eigenvalue weighted by molar-refractivity contribution is 6.06. The van der Waals surface area contributed by atoms with E-state index in [9.17, 15) is 9.59 Å². The first-order valence-electron chi connectivity index (χ1n) is 5.43. The third-order valence-corrected chi connectivity index (χ3v) is 2.59. The molecule has 1 aromatic heterocycles. The van der Waals surface area contributed by atoms with Gasteiger partial charge in [0.2, 0.25) is 5.56 Å². The van der Waals surface area contributed by atoms with Crippen LogP contribution < -0.4 is 16.6 Å². The average Bonchev–Trinajstić information content (AvgIpc) is 2.34. The van der Waals surface area contributed by atoms with Crippen LogP contribution in [0.15, 0.2) is 41.3 Å². The van der Waals surface area contributed by atoms with Crippen molar-refractivity contribution >= 4 is 17.3 Å². The SMILES string of the molecule is Cc1cccc(N)c1NC(=O)c1ccc(=O)[nH]c1. The van der Waals surface area contributed by atoms with E-state index in [-0.39, 0.29) is 11.5 Å². The van der Waals surface area contributed by atoms with Crippen LogP contribution in [-0.2, 0) is 0 Å². The van der Waals surface area contributed by atoms with Crippen LogP contribution in [0.5, 0.6) is 0 Å². The van der Waals surface area contributed by atoms with Crippen LogP contribution >= 0.6 is 0 Å². The number of aromatic amines is 1. The average molecular weight is 243 g/mol. The fourth-order valence-electron chi connectivity index (χ4n) is 1.60. The normalized spacial score (nSPS) is 10.1. The van der Waals surface area contributed by atoms with Crippen molar-refractivity contribution in [3.8, 4) is 0 Å². The molecule has 1 aromatic carbocycles. The van der Waals surface area contributed by atoms with Gasteiger partial charge in [-0.25, -0.2) is 0 Å². The lowest BCUT2D eigenvalue weighted by Gasteiger charge is -2.10. The van der Waals surface area contributed by atoms with Gasteiger partial charge in [0.25, 0.3) is 5.91 Å². The molecule has 5 heteroatoms. The number of nitrogens with one attached hydrogen (secondary N) is 2. The van der Waals surface area contributed by atoms with E-state index in [1.54, 1.807) is 6.07 Å². The number of carbonyl (C=O) groups excluding carboxylic acids is 1. The molecule has 0 aliphatic rings. The second-order valence-corrected chi connectivity index (χ2v) is 3.93. The number of aromatic nitrogens is 1. The molecule has 2 rings (SSSR count). The Kier molecular flexibility index (Phi) is 3.14. The number of nitrogens with two attached hydrogens (primary N) is 1. The number of pyridine rings is 1. The van der Waals surface area contributed by atoms with Crippen LogP contribution in [0.3, 0.4) is 0 Å². The number of hydrogen-bond acceptors (Lipinski definition) is 3. The van der Waals surface area contributed by atoms with E-state index in [4.69, 9.17) is 5.73 Å². The van der Waals surface area contributed by atoms with E-state index >= 15 is 0 Å². The van der Waals surface area contributed by atoms with Gasteiger partial charge >= 0.3 is 0 Å². The van der Waals surface area contributed by atoms with Gasteiger partial charge in [-0.2, -0.15) is 0 Å². The summed E-state index contributed by atoms with van der Waals surface area (Å²) in [4.78, 5) is 25.3. The number of carbonyl (C=O) groups is 1. The zero-order chi connectivity index (χ0) is 13.1.